The number of hydrogen-bond donors (Lipinski definition) is 2. The zero-order chi connectivity index (χ0) is 51.4. The van der Waals surface area contributed by atoms with E-state index in [-0.39, 0.29) is 51.2 Å². The quantitative estimate of drug-likeness (QED) is 0.124. The number of allylic oxidation sites excluding steroid dienone is 1. The zero-order valence-electron chi connectivity index (χ0n) is 42.9. The summed E-state index contributed by atoms with van der Waals surface area (Å²) in [7, 11) is 0. The number of likely N-dealkylation sites (tertiary alicyclic amines) is 1. The minimum absolute atomic E-state index is 0.0318. The lowest BCUT2D eigenvalue weighted by atomic mass is 9.55. The Labute approximate surface area is 435 Å². The molecule has 0 radical (unpaired) electrons. The van der Waals surface area contributed by atoms with Gasteiger partial charge >= 0.3 is 6.01 Å². The second kappa shape index (κ2) is 18.3. The molecule has 2 N–H and O–H groups in total. The van der Waals surface area contributed by atoms with Gasteiger partial charge in [0.05, 0.1) is 24.2 Å². The van der Waals surface area contributed by atoms with Crippen molar-refractivity contribution >= 4 is 45.0 Å². The number of phenolic OH excluding ortho intramolecular Hbond substituents is 1. The van der Waals surface area contributed by atoms with E-state index in [2.05, 4.69) is 42.5 Å². The third-order valence-electron chi connectivity index (χ3n) is 18.4. The highest BCUT2D eigenvalue weighted by molar-refractivity contribution is 6.03. The molecule has 3 aromatic carbocycles. The number of anilines is 2. The number of carbonyl (C=O) groups is 2. The van der Waals surface area contributed by atoms with Crippen LogP contribution in [-0.4, -0.2) is 143 Å². The largest absolute Gasteiger partial charge is 0.508 e. The molecule has 2 aliphatic carbocycles. The Bertz CT molecular complexity index is 3140. The highest BCUT2D eigenvalue weighted by Gasteiger charge is 2.57. The van der Waals surface area contributed by atoms with Gasteiger partial charge in [0.25, 0.3) is 5.91 Å². The Balaban J connectivity index is 0.638. The number of piperazine rings is 1. The molecule has 8 heterocycles. The molecular formula is C58H66F3N9O5. The van der Waals surface area contributed by atoms with Crippen molar-refractivity contribution in [1.82, 2.24) is 35.0 Å². The summed E-state index contributed by atoms with van der Waals surface area (Å²) >= 11 is 0. The number of benzene rings is 3. The van der Waals surface area contributed by atoms with Crippen molar-refractivity contribution in [2.45, 2.75) is 108 Å². The molecule has 14 nitrogen and oxygen atoms in total. The number of piperidine rings is 3. The molecule has 7 fully saturated rings. The van der Waals surface area contributed by atoms with Crippen molar-refractivity contribution in [3.8, 4) is 23.0 Å². The third-order valence-corrected chi connectivity index (χ3v) is 18.4. The predicted octanol–water partition coefficient (Wildman–Crippen LogP) is 8.46. The van der Waals surface area contributed by atoms with E-state index < -0.39 is 23.3 Å². The average Bonchev–Trinajstić information content (AvgIpc) is 4.09. The molecule has 17 heteroatoms. The van der Waals surface area contributed by atoms with Crippen LogP contribution in [0, 0.1) is 22.5 Å². The SMILES string of the molecule is C=C1CC[C@H](N2Cc3cc(N4CCN(CC5(F)CC6(CCN(CC7(COc8nc(N9CCC[C@]%10(CCO%10)C9)c9cnc(-c%10cc(O)cc%11ccc(F)c(CC)c%10%11)c(F)c9n8)CC7)CC6)C5)CC4)ccc3C2=O)C(=O)N1. The van der Waals surface area contributed by atoms with E-state index in [1.807, 2.05) is 19.1 Å². The molecule has 6 aliphatic heterocycles. The minimum Gasteiger partial charge on any atom is -0.508 e. The normalized spacial score (nSPS) is 25.2. The van der Waals surface area contributed by atoms with Crippen molar-refractivity contribution in [1.29, 1.82) is 0 Å². The molecule has 0 unspecified atom stereocenters. The Kier molecular flexibility index (Phi) is 11.9. The van der Waals surface area contributed by atoms with Crippen molar-refractivity contribution in [3.63, 3.8) is 0 Å². The highest BCUT2D eigenvalue weighted by atomic mass is 19.1. The van der Waals surface area contributed by atoms with E-state index in [4.69, 9.17) is 19.4 Å². The Morgan fingerprint density at radius 3 is 2.41 bits per heavy atom. The highest BCUT2D eigenvalue weighted by Crippen LogP contribution is 2.58. The van der Waals surface area contributed by atoms with Crippen molar-refractivity contribution in [2.75, 3.05) is 88.5 Å². The van der Waals surface area contributed by atoms with Gasteiger partial charge in [-0.15, -0.1) is 0 Å². The Morgan fingerprint density at radius 2 is 1.68 bits per heavy atom. The molecule has 2 saturated carbocycles. The lowest BCUT2D eigenvalue weighted by Gasteiger charge is -2.57. The van der Waals surface area contributed by atoms with Gasteiger partial charge in [0.2, 0.25) is 5.91 Å². The summed E-state index contributed by atoms with van der Waals surface area (Å²) in [5.41, 5.74) is 2.59. The number of aromatic nitrogens is 3. The second-order valence-electron chi connectivity index (χ2n) is 23.5. The molecule has 2 amide bonds. The number of ether oxygens (including phenoxy) is 2. The van der Waals surface area contributed by atoms with Crippen LogP contribution in [0.15, 0.2) is 60.9 Å². The first-order valence-electron chi connectivity index (χ1n) is 27.3. The number of nitrogens with zero attached hydrogens (tertiary/aromatic N) is 8. The molecule has 8 aliphatic rings. The average molecular weight is 1030 g/mol. The molecule has 394 valence electrons. The first-order valence-corrected chi connectivity index (χ1v) is 27.3. The summed E-state index contributed by atoms with van der Waals surface area (Å²) in [6.07, 6.45) is 11.1. The molecule has 5 aromatic rings. The van der Waals surface area contributed by atoms with E-state index in [0.29, 0.717) is 116 Å². The van der Waals surface area contributed by atoms with E-state index >= 15 is 13.2 Å². The van der Waals surface area contributed by atoms with Gasteiger partial charge in [-0.2, -0.15) is 9.97 Å². The van der Waals surface area contributed by atoms with Crippen LogP contribution in [-0.2, 0) is 22.5 Å². The molecule has 5 saturated heterocycles. The van der Waals surface area contributed by atoms with Gasteiger partial charge < -0.3 is 39.5 Å². The standard InChI is InChI=1S/C58H66F3N9O5/c1-3-41-45(59)9-6-37-26-40(71)27-43(47(37)41)49-48(60)50-44(28-62-49)51(69-17-4-11-58(34-69)16-24-75-58)65-54(64-50)74-35-56(12-13-56)32-66-18-14-55(15-19-66)30-57(61,31-55)33-67-20-22-68(23-21-67)39-7-8-42-38(25-39)29-70(53(42)73)46-10-5-36(2)63-52(46)72/h6-9,25-28,46,71H,2-5,10-24,29-35H2,1H3,(H,63,72)/t46-,58-/m0/s1. The summed E-state index contributed by atoms with van der Waals surface area (Å²) in [4.78, 5) is 51.3. The molecular weight excluding hydrogens is 960 g/mol. The lowest BCUT2D eigenvalue weighted by molar-refractivity contribution is -0.151. The van der Waals surface area contributed by atoms with Crippen molar-refractivity contribution in [3.05, 3.63) is 89.3 Å². The maximum atomic E-state index is 17.3. The zero-order valence-corrected chi connectivity index (χ0v) is 42.9. The monoisotopic (exact) mass is 1030 g/mol. The second-order valence-corrected chi connectivity index (χ2v) is 23.5. The third kappa shape index (κ3) is 8.83. The minimum atomic E-state index is -1.19. The summed E-state index contributed by atoms with van der Waals surface area (Å²) in [5.74, 6) is -0.887. The fraction of sp³-hybridized carbons (Fsp3) is 0.534. The number of amides is 2. The fourth-order valence-corrected chi connectivity index (χ4v) is 14.1. The number of pyridine rings is 1. The van der Waals surface area contributed by atoms with Crippen LogP contribution in [0.2, 0.25) is 0 Å². The Hall–Kier alpha value is -6.04. The van der Waals surface area contributed by atoms with E-state index in [9.17, 15) is 14.7 Å². The van der Waals surface area contributed by atoms with Crippen molar-refractivity contribution < 1.29 is 37.3 Å². The summed E-state index contributed by atoms with van der Waals surface area (Å²) in [5, 5.41) is 15.1. The number of carbonyl (C=O) groups excluding carboxylic acids is 2. The number of rotatable bonds is 12. The van der Waals surface area contributed by atoms with Gasteiger partial charge in [-0.05, 0) is 147 Å². The number of phenols is 1. The van der Waals surface area contributed by atoms with E-state index in [1.165, 1.54) is 12.1 Å². The number of aromatic hydroxyl groups is 1. The predicted molar refractivity (Wildman–Crippen MR) is 280 cm³/mol. The number of fused-ring (bicyclic) bond motifs is 3. The van der Waals surface area contributed by atoms with Crippen LogP contribution in [0.4, 0.5) is 24.7 Å². The maximum Gasteiger partial charge on any atom is 0.319 e. The van der Waals surface area contributed by atoms with Crippen molar-refractivity contribution in [2.24, 2.45) is 10.8 Å². The van der Waals surface area contributed by atoms with Gasteiger partial charge in [-0.3, -0.25) is 19.5 Å². The molecule has 2 spiro atoms. The van der Waals surface area contributed by atoms with Crippen LogP contribution in [0.25, 0.3) is 32.9 Å². The van der Waals surface area contributed by atoms with Crippen LogP contribution >= 0.6 is 0 Å². The molecule has 2 atom stereocenters. The molecule has 2 aromatic heterocycles. The molecule has 0 bridgehead atoms. The van der Waals surface area contributed by atoms with Gasteiger partial charge in [0.15, 0.2) is 5.82 Å². The summed E-state index contributed by atoms with van der Waals surface area (Å²) in [6, 6.07) is 11.6. The Morgan fingerprint density at radius 1 is 0.893 bits per heavy atom. The van der Waals surface area contributed by atoms with Gasteiger partial charge in [-0.25, -0.2) is 13.2 Å². The molecule has 75 heavy (non-hydrogen) atoms. The lowest BCUT2D eigenvalue weighted by Crippen LogP contribution is -2.60. The van der Waals surface area contributed by atoms with E-state index in [0.717, 1.165) is 102 Å². The number of halogens is 3. The van der Waals surface area contributed by atoms with Gasteiger partial charge in [0.1, 0.15) is 40.3 Å². The van der Waals surface area contributed by atoms with E-state index in [1.54, 1.807) is 23.2 Å². The van der Waals surface area contributed by atoms with Gasteiger partial charge in [-0.1, -0.05) is 19.6 Å². The maximum absolute atomic E-state index is 17.3. The van der Waals surface area contributed by atoms with Crippen LogP contribution in [0.5, 0.6) is 11.8 Å². The fourth-order valence-electron chi connectivity index (χ4n) is 14.1. The number of aryl methyl sites for hydroxylation is 1. The van der Waals surface area contributed by atoms with Crippen LogP contribution < -0.4 is 19.9 Å². The van der Waals surface area contributed by atoms with Gasteiger partial charge in [0, 0.05) is 99.4 Å². The summed E-state index contributed by atoms with van der Waals surface area (Å²) < 4.78 is 61.7. The van der Waals surface area contributed by atoms with Crippen LogP contribution in [0.3, 0.4) is 0 Å². The molecule has 13 rings (SSSR count). The van der Waals surface area contributed by atoms with Crippen LogP contribution in [0.1, 0.15) is 99.0 Å². The first-order chi connectivity index (χ1) is 36.2. The first kappa shape index (κ1) is 48.6. The summed E-state index contributed by atoms with van der Waals surface area (Å²) in [6.45, 7) is 14.8. The number of nitrogens with one attached hydrogen (secondary N) is 1. The smallest absolute Gasteiger partial charge is 0.319 e. The topological polar surface area (TPSA) is 140 Å². The number of hydrogen-bond acceptors (Lipinski definition) is 12. The number of alkyl halides is 1.